The van der Waals surface area contributed by atoms with Crippen LogP contribution in [0.5, 0.6) is 5.75 Å². The fourth-order valence-corrected chi connectivity index (χ4v) is 3.10. The van der Waals surface area contributed by atoms with Crippen LogP contribution in [-0.4, -0.2) is 37.6 Å². The summed E-state index contributed by atoms with van der Waals surface area (Å²) in [4.78, 5) is 14.6. The number of ether oxygens (including phenoxy) is 1. The average Bonchev–Trinajstić information content (AvgIpc) is 3.11. The van der Waals surface area contributed by atoms with Crippen LogP contribution in [0.3, 0.4) is 0 Å². The van der Waals surface area contributed by atoms with Crippen LogP contribution in [0.2, 0.25) is 0 Å². The van der Waals surface area contributed by atoms with E-state index in [-0.39, 0.29) is 17.9 Å². The lowest BCUT2D eigenvalue weighted by molar-refractivity contribution is -0.134. The predicted octanol–water partition coefficient (Wildman–Crippen LogP) is 2.30. The monoisotopic (exact) mass is 339 g/mol. The quantitative estimate of drug-likeness (QED) is 0.848. The number of nitrogens with one attached hydrogen (secondary N) is 2. The second kappa shape index (κ2) is 8.14. The SMILES string of the molecule is Cc1cccc(OCCN(C)C(=O)C2CNNC2c2ccccc2)c1. The molecule has 1 fully saturated rings. The first kappa shape index (κ1) is 17.5. The Bertz CT molecular complexity index is 705. The minimum atomic E-state index is -0.119. The van der Waals surface area contributed by atoms with Crippen LogP contribution in [0, 0.1) is 12.8 Å². The van der Waals surface area contributed by atoms with Crippen molar-refractivity contribution in [3.63, 3.8) is 0 Å². The molecule has 2 N–H and O–H groups in total. The standard InChI is InChI=1S/C20H25N3O2/c1-15-7-6-10-17(13-15)25-12-11-23(2)20(24)18-14-21-22-19(18)16-8-4-3-5-9-16/h3-10,13,18-19,21-22H,11-12,14H2,1-2H3. The molecule has 1 amide bonds. The van der Waals surface area contributed by atoms with Crippen molar-refractivity contribution in [1.29, 1.82) is 0 Å². The van der Waals surface area contributed by atoms with Crippen molar-refractivity contribution >= 4 is 5.91 Å². The van der Waals surface area contributed by atoms with E-state index in [0.29, 0.717) is 19.7 Å². The number of nitrogens with zero attached hydrogens (tertiary/aromatic N) is 1. The Balaban J connectivity index is 1.54. The van der Waals surface area contributed by atoms with E-state index >= 15 is 0 Å². The molecule has 2 aromatic rings. The number of likely N-dealkylation sites (N-methyl/N-ethyl adjacent to an activating group) is 1. The molecule has 2 unspecified atom stereocenters. The van der Waals surface area contributed by atoms with E-state index in [1.807, 2.05) is 68.6 Å². The molecule has 0 bridgehead atoms. The normalized spacial score (nSPS) is 19.6. The third-order valence-electron chi connectivity index (χ3n) is 4.52. The minimum absolute atomic E-state index is 0.00570. The van der Waals surface area contributed by atoms with Crippen molar-refractivity contribution in [3.8, 4) is 5.75 Å². The van der Waals surface area contributed by atoms with Gasteiger partial charge in [-0.1, -0.05) is 42.5 Å². The zero-order chi connectivity index (χ0) is 17.6. The lowest BCUT2D eigenvalue weighted by atomic mass is 9.94. The maximum absolute atomic E-state index is 12.8. The van der Waals surface area contributed by atoms with E-state index in [1.165, 1.54) is 0 Å². The third-order valence-corrected chi connectivity index (χ3v) is 4.52. The summed E-state index contributed by atoms with van der Waals surface area (Å²) in [6, 6.07) is 18.0. The topological polar surface area (TPSA) is 53.6 Å². The molecule has 0 radical (unpaired) electrons. The number of carbonyl (C=O) groups is 1. The van der Waals surface area contributed by atoms with Gasteiger partial charge in [0.2, 0.25) is 5.91 Å². The maximum Gasteiger partial charge on any atom is 0.228 e. The Morgan fingerprint density at radius 3 is 2.76 bits per heavy atom. The van der Waals surface area contributed by atoms with Crippen LogP contribution in [0.25, 0.3) is 0 Å². The molecule has 1 aliphatic rings. The molecule has 1 aliphatic heterocycles. The zero-order valence-corrected chi connectivity index (χ0v) is 14.7. The van der Waals surface area contributed by atoms with Crippen LogP contribution in [0.4, 0.5) is 0 Å². The van der Waals surface area contributed by atoms with Crippen LogP contribution in [-0.2, 0) is 4.79 Å². The van der Waals surface area contributed by atoms with Gasteiger partial charge in [-0.25, -0.2) is 5.43 Å². The summed E-state index contributed by atoms with van der Waals surface area (Å²) in [5.74, 6) is 0.845. The molecule has 2 atom stereocenters. The summed E-state index contributed by atoms with van der Waals surface area (Å²) in [6.07, 6.45) is 0. The maximum atomic E-state index is 12.8. The van der Waals surface area contributed by atoms with Gasteiger partial charge in [-0.05, 0) is 30.2 Å². The third kappa shape index (κ3) is 4.38. The lowest BCUT2D eigenvalue weighted by Gasteiger charge is -2.24. The molecular formula is C20H25N3O2. The number of hydrazine groups is 1. The smallest absolute Gasteiger partial charge is 0.228 e. The van der Waals surface area contributed by atoms with Crippen molar-refractivity contribution in [2.24, 2.45) is 5.92 Å². The molecule has 2 aromatic carbocycles. The molecule has 0 saturated carbocycles. The molecule has 0 aliphatic carbocycles. The zero-order valence-electron chi connectivity index (χ0n) is 14.7. The molecule has 5 heteroatoms. The first-order valence-electron chi connectivity index (χ1n) is 8.63. The number of amides is 1. The fraction of sp³-hybridized carbons (Fsp3) is 0.350. The summed E-state index contributed by atoms with van der Waals surface area (Å²) in [7, 11) is 1.84. The van der Waals surface area contributed by atoms with E-state index in [0.717, 1.165) is 16.9 Å². The second-order valence-corrected chi connectivity index (χ2v) is 6.44. The Hall–Kier alpha value is -2.37. The Labute approximate surface area is 149 Å². The summed E-state index contributed by atoms with van der Waals surface area (Å²) in [6.45, 7) is 3.70. The lowest BCUT2D eigenvalue weighted by Crippen LogP contribution is -2.38. The van der Waals surface area contributed by atoms with Gasteiger partial charge in [0.1, 0.15) is 12.4 Å². The number of carbonyl (C=O) groups excluding carboxylic acids is 1. The van der Waals surface area contributed by atoms with Gasteiger partial charge >= 0.3 is 0 Å². The molecule has 3 rings (SSSR count). The fourth-order valence-electron chi connectivity index (χ4n) is 3.10. The van der Waals surface area contributed by atoms with Crippen LogP contribution in [0.15, 0.2) is 54.6 Å². The summed E-state index contributed by atoms with van der Waals surface area (Å²) in [5, 5.41) is 0. The molecule has 5 nitrogen and oxygen atoms in total. The van der Waals surface area contributed by atoms with Crippen molar-refractivity contribution in [2.45, 2.75) is 13.0 Å². The Morgan fingerprint density at radius 2 is 2.00 bits per heavy atom. The highest BCUT2D eigenvalue weighted by Crippen LogP contribution is 2.26. The van der Waals surface area contributed by atoms with Crippen molar-refractivity contribution in [2.75, 3.05) is 26.7 Å². The van der Waals surface area contributed by atoms with E-state index in [1.54, 1.807) is 4.90 Å². The largest absolute Gasteiger partial charge is 0.492 e. The molecule has 0 aromatic heterocycles. The second-order valence-electron chi connectivity index (χ2n) is 6.44. The minimum Gasteiger partial charge on any atom is -0.492 e. The number of rotatable bonds is 6. The average molecular weight is 339 g/mol. The molecule has 0 spiro atoms. The Kier molecular flexibility index (Phi) is 5.68. The molecule has 25 heavy (non-hydrogen) atoms. The van der Waals surface area contributed by atoms with Gasteiger partial charge in [0.25, 0.3) is 0 Å². The highest BCUT2D eigenvalue weighted by Gasteiger charge is 2.35. The predicted molar refractivity (Wildman–Crippen MR) is 98.1 cm³/mol. The van der Waals surface area contributed by atoms with E-state index in [4.69, 9.17) is 4.74 Å². The van der Waals surface area contributed by atoms with Gasteiger partial charge in [-0.3, -0.25) is 10.2 Å². The first-order chi connectivity index (χ1) is 12.1. The van der Waals surface area contributed by atoms with Crippen LogP contribution < -0.4 is 15.6 Å². The van der Waals surface area contributed by atoms with E-state index in [2.05, 4.69) is 10.9 Å². The number of hydrogen-bond donors (Lipinski definition) is 2. The summed E-state index contributed by atoms with van der Waals surface area (Å²) < 4.78 is 5.76. The van der Waals surface area contributed by atoms with Gasteiger partial charge in [0.05, 0.1) is 18.5 Å². The Morgan fingerprint density at radius 1 is 1.20 bits per heavy atom. The molecular weight excluding hydrogens is 314 g/mol. The van der Waals surface area contributed by atoms with Crippen LogP contribution in [0.1, 0.15) is 17.2 Å². The highest BCUT2D eigenvalue weighted by molar-refractivity contribution is 5.80. The molecule has 1 saturated heterocycles. The van der Waals surface area contributed by atoms with Crippen LogP contribution >= 0.6 is 0 Å². The number of benzene rings is 2. The number of hydrogen-bond acceptors (Lipinski definition) is 4. The van der Waals surface area contributed by atoms with E-state index in [9.17, 15) is 4.79 Å². The van der Waals surface area contributed by atoms with Gasteiger partial charge < -0.3 is 9.64 Å². The van der Waals surface area contributed by atoms with Gasteiger partial charge in [0.15, 0.2) is 0 Å². The van der Waals surface area contributed by atoms with E-state index < -0.39 is 0 Å². The van der Waals surface area contributed by atoms with Crippen molar-refractivity contribution in [3.05, 3.63) is 65.7 Å². The molecule has 132 valence electrons. The van der Waals surface area contributed by atoms with Crippen molar-refractivity contribution < 1.29 is 9.53 Å². The first-order valence-corrected chi connectivity index (χ1v) is 8.63. The highest BCUT2D eigenvalue weighted by atomic mass is 16.5. The van der Waals surface area contributed by atoms with Gasteiger partial charge in [-0.2, -0.15) is 0 Å². The van der Waals surface area contributed by atoms with Gasteiger partial charge in [0, 0.05) is 13.6 Å². The van der Waals surface area contributed by atoms with Crippen molar-refractivity contribution in [1.82, 2.24) is 15.8 Å². The van der Waals surface area contributed by atoms with Gasteiger partial charge in [-0.15, -0.1) is 0 Å². The molecule has 1 heterocycles. The number of aryl methyl sites for hydroxylation is 1. The summed E-state index contributed by atoms with van der Waals surface area (Å²) >= 11 is 0. The summed E-state index contributed by atoms with van der Waals surface area (Å²) in [5.41, 5.74) is 8.62.